The zero-order chi connectivity index (χ0) is 27.1. The molecule has 2 saturated heterocycles. The number of carbonyl (C=O) groups is 3. The summed E-state index contributed by atoms with van der Waals surface area (Å²) < 4.78 is 12.0. The molecule has 39 heavy (non-hydrogen) atoms. The Morgan fingerprint density at radius 3 is 2.46 bits per heavy atom. The zero-order valence-electron chi connectivity index (χ0n) is 23.1. The second-order valence-corrected chi connectivity index (χ2v) is 12.1. The highest BCUT2D eigenvalue weighted by atomic mass is 16.5. The van der Waals surface area contributed by atoms with E-state index < -0.39 is 29.6 Å². The summed E-state index contributed by atoms with van der Waals surface area (Å²) in [6.07, 6.45) is 12.6. The number of fused-ring (bicyclic) bond motifs is 1. The molecule has 1 spiro atoms. The van der Waals surface area contributed by atoms with Crippen molar-refractivity contribution in [1.82, 2.24) is 10.2 Å². The molecule has 7 atom stereocenters. The summed E-state index contributed by atoms with van der Waals surface area (Å²) in [6, 6.07) is 6.58. The van der Waals surface area contributed by atoms with Crippen LogP contribution in [-0.2, 0) is 19.1 Å². The summed E-state index contributed by atoms with van der Waals surface area (Å²) in [7, 11) is 0. The second kappa shape index (κ2) is 10.6. The third-order valence-electron chi connectivity index (χ3n) is 9.70. The van der Waals surface area contributed by atoms with E-state index in [2.05, 4.69) is 17.6 Å². The fourth-order valence-electron chi connectivity index (χ4n) is 7.78. The van der Waals surface area contributed by atoms with Crippen LogP contribution in [0.4, 0.5) is 5.69 Å². The second-order valence-electron chi connectivity index (χ2n) is 12.1. The Balaban J connectivity index is 1.28. The monoisotopic (exact) mass is 535 g/mol. The van der Waals surface area contributed by atoms with Crippen LogP contribution < -0.4 is 15.4 Å². The molecule has 8 nitrogen and oxygen atoms in total. The summed E-state index contributed by atoms with van der Waals surface area (Å²) >= 11 is 0. The van der Waals surface area contributed by atoms with Crippen molar-refractivity contribution in [3.8, 4) is 5.75 Å². The highest BCUT2D eigenvalue weighted by Crippen LogP contribution is 2.56. The molecule has 3 heterocycles. The fraction of sp³-hybridized carbons (Fsp3) is 0.645. The van der Waals surface area contributed by atoms with Crippen molar-refractivity contribution in [3.63, 3.8) is 0 Å². The molecule has 5 aliphatic rings. The number of nitrogens with zero attached hydrogens (tertiary/aromatic N) is 1. The van der Waals surface area contributed by atoms with Gasteiger partial charge in [0.2, 0.25) is 17.7 Å². The van der Waals surface area contributed by atoms with E-state index in [-0.39, 0.29) is 29.8 Å². The third kappa shape index (κ3) is 4.54. The quantitative estimate of drug-likeness (QED) is 0.510. The maximum atomic E-state index is 14.3. The van der Waals surface area contributed by atoms with Crippen LogP contribution in [0.1, 0.15) is 71.6 Å². The predicted octanol–water partition coefficient (Wildman–Crippen LogP) is 4.20. The lowest BCUT2D eigenvalue weighted by Crippen LogP contribution is -2.59. The summed E-state index contributed by atoms with van der Waals surface area (Å²) in [5.41, 5.74) is -0.471. The lowest BCUT2D eigenvalue weighted by Gasteiger charge is -2.40. The van der Waals surface area contributed by atoms with E-state index in [4.69, 9.17) is 9.47 Å². The van der Waals surface area contributed by atoms with Crippen molar-refractivity contribution in [2.75, 3.05) is 11.9 Å². The van der Waals surface area contributed by atoms with E-state index in [0.717, 1.165) is 57.1 Å². The molecule has 4 fully saturated rings. The van der Waals surface area contributed by atoms with E-state index in [0.29, 0.717) is 18.2 Å². The highest BCUT2D eigenvalue weighted by molar-refractivity contribution is 6.03. The minimum atomic E-state index is -1.11. The molecule has 2 bridgehead atoms. The van der Waals surface area contributed by atoms with Crippen molar-refractivity contribution < 1.29 is 23.9 Å². The van der Waals surface area contributed by atoms with Crippen LogP contribution in [0.2, 0.25) is 0 Å². The number of rotatable bonds is 7. The van der Waals surface area contributed by atoms with Crippen molar-refractivity contribution >= 4 is 23.4 Å². The first kappa shape index (κ1) is 26.4. The van der Waals surface area contributed by atoms with Gasteiger partial charge in [-0.15, -0.1) is 0 Å². The molecule has 6 rings (SSSR count). The number of nitrogens with one attached hydrogen (secondary N) is 2. The van der Waals surface area contributed by atoms with Crippen LogP contribution >= 0.6 is 0 Å². The Morgan fingerprint density at radius 1 is 1.03 bits per heavy atom. The van der Waals surface area contributed by atoms with Gasteiger partial charge in [-0.05, 0) is 62.8 Å². The van der Waals surface area contributed by atoms with Gasteiger partial charge in [0.25, 0.3) is 0 Å². The number of carbonyl (C=O) groups excluding carboxylic acids is 3. The molecule has 3 amide bonds. The standard InChI is InChI=1S/C31H41N3O5/c1-3-38-22-15-13-20(14-16-22)32-28(35)25-24-17-18-31(39-24)26(25)30(37)34(21-10-5-4-6-11-21)27(31)29(36)33-23-12-8-7-9-19(23)2/h13-19,21,23-27H,3-12H2,1-2H3,(H,32,35)(H,33,36)/t19?,23?,24-,25?,26-,27?,31?/m0/s1. The molecule has 1 aromatic carbocycles. The van der Waals surface area contributed by atoms with Gasteiger partial charge in [0.05, 0.1) is 24.5 Å². The summed E-state index contributed by atoms with van der Waals surface area (Å²) in [4.78, 5) is 43.9. The summed E-state index contributed by atoms with van der Waals surface area (Å²) in [5.74, 6) is -0.760. The van der Waals surface area contributed by atoms with Gasteiger partial charge >= 0.3 is 0 Å². The van der Waals surface area contributed by atoms with Crippen molar-refractivity contribution in [2.45, 2.75) is 101 Å². The van der Waals surface area contributed by atoms with E-state index in [1.807, 2.05) is 36.1 Å². The van der Waals surface area contributed by atoms with E-state index in [1.165, 1.54) is 6.42 Å². The van der Waals surface area contributed by atoms with Gasteiger partial charge in [-0.3, -0.25) is 14.4 Å². The molecule has 2 saturated carbocycles. The molecular weight excluding hydrogens is 494 g/mol. The molecule has 2 aliphatic carbocycles. The molecular formula is C31H41N3O5. The summed E-state index contributed by atoms with van der Waals surface area (Å²) in [5, 5.41) is 6.33. The Hall–Kier alpha value is -2.87. The first-order chi connectivity index (χ1) is 18.9. The molecule has 0 radical (unpaired) electrons. The Labute approximate surface area is 230 Å². The first-order valence-corrected chi connectivity index (χ1v) is 15.0. The van der Waals surface area contributed by atoms with Crippen LogP contribution in [-0.4, -0.2) is 59.1 Å². The van der Waals surface area contributed by atoms with Crippen LogP contribution in [0.15, 0.2) is 36.4 Å². The Morgan fingerprint density at radius 2 is 1.74 bits per heavy atom. The molecule has 0 aromatic heterocycles. The van der Waals surface area contributed by atoms with Crippen LogP contribution in [0.3, 0.4) is 0 Å². The van der Waals surface area contributed by atoms with Gasteiger partial charge in [-0.1, -0.05) is 51.2 Å². The highest BCUT2D eigenvalue weighted by Gasteiger charge is 2.73. The SMILES string of the molecule is CCOc1ccc(NC(=O)C2[C@@H]3C=CC4(O3)C(C(=O)NC3CCCCC3C)N(C3CCCCC3)C(=O)[C@H]24)cc1. The average molecular weight is 536 g/mol. The number of amides is 3. The van der Waals surface area contributed by atoms with E-state index >= 15 is 0 Å². The van der Waals surface area contributed by atoms with Crippen LogP contribution in [0, 0.1) is 17.8 Å². The average Bonchev–Trinajstić information content (AvgIpc) is 3.59. The van der Waals surface area contributed by atoms with E-state index in [9.17, 15) is 14.4 Å². The number of benzene rings is 1. The van der Waals surface area contributed by atoms with Crippen molar-refractivity contribution in [2.24, 2.45) is 17.8 Å². The number of hydrogen-bond donors (Lipinski definition) is 2. The molecule has 2 N–H and O–H groups in total. The van der Waals surface area contributed by atoms with Gasteiger partial charge in [-0.25, -0.2) is 0 Å². The van der Waals surface area contributed by atoms with E-state index in [1.54, 1.807) is 12.1 Å². The summed E-state index contributed by atoms with van der Waals surface area (Å²) in [6.45, 7) is 4.69. The van der Waals surface area contributed by atoms with Crippen molar-refractivity contribution in [3.05, 3.63) is 36.4 Å². The zero-order valence-corrected chi connectivity index (χ0v) is 23.1. The smallest absolute Gasteiger partial charge is 0.246 e. The Bertz CT molecular complexity index is 1130. The molecule has 8 heteroatoms. The predicted molar refractivity (Wildman–Crippen MR) is 147 cm³/mol. The van der Waals surface area contributed by atoms with Gasteiger partial charge in [0.15, 0.2) is 0 Å². The van der Waals surface area contributed by atoms with Gasteiger partial charge in [0.1, 0.15) is 17.4 Å². The van der Waals surface area contributed by atoms with Gasteiger partial charge < -0.3 is 25.0 Å². The first-order valence-electron chi connectivity index (χ1n) is 15.0. The van der Waals surface area contributed by atoms with Crippen LogP contribution in [0.5, 0.6) is 5.75 Å². The fourth-order valence-corrected chi connectivity index (χ4v) is 7.78. The minimum Gasteiger partial charge on any atom is -0.494 e. The Kier molecular flexibility index (Phi) is 7.16. The lowest BCUT2D eigenvalue weighted by atomic mass is 9.74. The maximum absolute atomic E-state index is 14.3. The van der Waals surface area contributed by atoms with Crippen LogP contribution in [0.25, 0.3) is 0 Å². The molecule has 1 aromatic rings. The number of hydrogen-bond acceptors (Lipinski definition) is 5. The van der Waals surface area contributed by atoms with Gasteiger partial charge in [-0.2, -0.15) is 0 Å². The molecule has 3 aliphatic heterocycles. The minimum absolute atomic E-state index is 0.00312. The topological polar surface area (TPSA) is 97.0 Å². The largest absolute Gasteiger partial charge is 0.494 e. The number of likely N-dealkylation sites (tertiary alicyclic amines) is 1. The normalized spacial score (nSPS) is 35.6. The number of anilines is 1. The maximum Gasteiger partial charge on any atom is 0.246 e. The molecule has 210 valence electrons. The number of ether oxygens (including phenoxy) is 2. The molecule has 5 unspecified atom stereocenters. The van der Waals surface area contributed by atoms with Crippen molar-refractivity contribution in [1.29, 1.82) is 0 Å². The third-order valence-corrected chi connectivity index (χ3v) is 9.70. The lowest BCUT2D eigenvalue weighted by molar-refractivity contribution is -0.145. The van der Waals surface area contributed by atoms with Gasteiger partial charge in [0, 0.05) is 17.8 Å².